The van der Waals surface area contributed by atoms with Crippen molar-refractivity contribution >= 4 is 15.9 Å². The van der Waals surface area contributed by atoms with Crippen molar-refractivity contribution in [1.82, 2.24) is 9.62 Å². The molecule has 6 heteroatoms. The first-order valence-corrected chi connectivity index (χ1v) is 12.1. The normalized spacial score (nSPS) is 19.3. The van der Waals surface area contributed by atoms with Gasteiger partial charge in [-0.25, -0.2) is 8.42 Å². The Bertz CT molecular complexity index is 784. The van der Waals surface area contributed by atoms with Crippen LogP contribution in [0.3, 0.4) is 0 Å². The number of nitrogens with one attached hydrogen (secondary N) is 1. The van der Waals surface area contributed by atoms with Crippen molar-refractivity contribution in [1.29, 1.82) is 0 Å². The fourth-order valence-electron chi connectivity index (χ4n) is 4.96. The van der Waals surface area contributed by atoms with Crippen LogP contribution >= 0.6 is 0 Å². The second-order valence-corrected chi connectivity index (χ2v) is 10.4. The molecule has 156 valence electrons. The van der Waals surface area contributed by atoms with E-state index in [2.05, 4.69) is 5.32 Å². The molecular weight excluding hydrogens is 372 g/mol. The lowest BCUT2D eigenvalue weighted by atomic mass is 9.95. The third-order valence-electron chi connectivity index (χ3n) is 6.17. The second-order valence-electron chi connectivity index (χ2n) is 8.62. The third-order valence-corrected chi connectivity index (χ3v) is 8.38. The second kappa shape index (κ2) is 8.95. The number of hydrogen-bond donors (Lipinski definition) is 1. The molecule has 1 N–H and O–H groups in total. The summed E-state index contributed by atoms with van der Waals surface area (Å²) in [6, 6.07) is 3.94. The molecule has 3 rings (SSSR count). The van der Waals surface area contributed by atoms with E-state index in [1.807, 2.05) is 32.9 Å². The Hall–Kier alpha value is -1.40. The number of benzene rings is 1. The molecule has 28 heavy (non-hydrogen) atoms. The van der Waals surface area contributed by atoms with Gasteiger partial charge in [-0.3, -0.25) is 4.79 Å². The molecule has 0 radical (unpaired) electrons. The summed E-state index contributed by atoms with van der Waals surface area (Å²) >= 11 is 0. The lowest BCUT2D eigenvalue weighted by Gasteiger charge is -2.34. The van der Waals surface area contributed by atoms with Crippen molar-refractivity contribution in [2.24, 2.45) is 0 Å². The summed E-state index contributed by atoms with van der Waals surface area (Å²) in [5.41, 5.74) is 2.57. The standard InChI is InChI=1S/C22H34N2O3S/c1-16-13-17(2)22(18(3)14-16)28(26,27)24(20-11-5-4-6-12-20)15-21(25)23-19-9-7-8-10-19/h13-14,19-20H,4-12,15H2,1-3H3,(H,23,25). The Balaban J connectivity index is 1.90. The topological polar surface area (TPSA) is 66.5 Å². The molecule has 0 atom stereocenters. The fraction of sp³-hybridized carbons (Fsp3) is 0.682. The summed E-state index contributed by atoms with van der Waals surface area (Å²) in [5, 5.41) is 3.07. The highest BCUT2D eigenvalue weighted by atomic mass is 32.2. The van der Waals surface area contributed by atoms with Crippen LogP contribution in [0, 0.1) is 20.8 Å². The maximum absolute atomic E-state index is 13.7. The van der Waals surface area contributed by atoms with Gasteiger partial charge >= 0.3 is 0 Å². The molecule has 2 aliphatic rings. The highest BCUT2D eigenvalue weighted by Crippen LogP contribution is 2.31. The van der Waals surface area contributed by atoms with Crippen LogP contribution in [-0.2, 0) is 14.8 Å². The minimum absolute atomic E-state index is 0.0732. The molecule has 1 aromatic rings. The lowest BCUT2D eigenvalue weighted by molar-refractivity contribution is -0.122. The average Bonchev–Trinajstić information content (AvgIpc) is 3.12. The quantitative estimate of drug-likeness (QED) is 0.777. The van der Waals surface area contributed by atoms with Gasteiger partial charge in [0, 0.05) is 12.1 Å². The van der Waals surface area contributed by atoms with E-state index in [0.717, 1.165) is 74.5 Å². The summed E-state index contributed by atoms with van der Waals surface area (Å²) in [6.45, 7) is 5.61. The molecule has 0 saturated heterocycles. The lowest BCUT2D eigenvalue weighted by Crippen LogP contribution is -2.48. The monoisotopic (exact) mass is 406 g/mol. The van der Waals surface area contributed by atoms with Crippen molar-refractivity contribution in [2.45, 2.75) is 95.5 Å². The largest absolute Gasteiger partial charge is 0.352 e. The Labute approximate surface area is 169 Å². The molecule has 0 aliphatic heterocycles. The zero-order valence-corrected chi connectivity index (χ0v) is 18.3. The number of rotatable bonds is 6. The summed E-state index contributed by atoms with van der Waals surface area (Å²) in [5.74, 6) is -0.163. The van der Waals surface area contributed by atoms with Crippen LogP contribution in [0.25, 0.3) is 0 Å². The summed E-state index contributed by atoms with van der Waals surface area (Å²) in [4.78, 5) is 13.1. The Morgan fingerprint density at radius 2 is 1.50 bits per heavy atom. The van der Waals surface area contributed by atoms with E-state index < -0.39 is 10.0 Å². The van der Waals surface area contributed by atoms with Gasteiger partial charge in [-0.05, 0) is 57.6 Å². The number of nitrogens with zero attached hydrogens (tertiary/aromatic N) is 1. The van der Waals surface area contributed by atoms with Gasteiger partial charge in [-0.1, -0.05) is 49.8 Å². The molecule has 0 heterocycles. The van der Waals surface area contributed by atoms with Crippen LogP contribution in [-0.4, -0.2) is 37.3 Å². The average molecular weight is 407 g/mol. The summed E-state index contributed by atoms with van der Waals surface area (Å²) in [6.07, 6.45) is 9.12. The molecule has 2 aliphatic carbocycles. The van der Waals surface area contributed by atoms with Gasteiger partial charge in [0.25, 0.3) is 0 Å². The van der Waals surface area contributed by atoms with Gasteiger partial charge in [0.05, 0.1) is 11.4 Å². The van der Waals surface area contributed by atoms with Gasteiger partial charge in [-0.2, -0.15) is 4.31 Å². The fourth-order valence-corrected chi connectivity index (χ4v) is 7.01. The number of carbonyl (C=O) groups is 1. The predicted molar refractivity (Wildman–Crippen MR) is 112 cm³/mol. The zero-order chi connectivity index (χ0) is 20.3. The highest BCUT2D eigenvalue weighted by molar-refractivity contribution is 7.89. The highest BCUT2D eigenvalue weighted by Gasteiger charge is 2.36. The Kier molecular flexibility index (Phi) is 6.81. The SMILES string of the molecule is Cc1cc(C)c(S(=O)(=O)N(CC(=O)NC2CCCC2)C2CCCCC2)c(C)c1. The van der Waals surface area contributed by atoms with Gasteiger partial charge in [0.1, 0.15) is 0 Å². The number of hydrogen-bond acceptors (Lipinski definition) is 3. The first-order valence-electron chi connectivity index (χ1n) is 10.7. The predicted octanol–water partition coefficient (Wildman–Crippen LogP) is 3.99. The van der Waals surface area contributed by atoms with E-state index in [9.17, 15) is 13.2 Å². The molecule has 0 spiro atoms. The van der Waals surface area contributed by atoms with Crippen molar-refractivity contribution in [3.05, 3.63) is 28.8 Å². The molecule has 2 saturated carbocycles. The molecule has 0 unspecified atom stereocenters. The molecule has 2 fully saturated rings. The molecule has 1 amide bonds. The molecule has 0 aromatic heterocycles. The zero-order valence-electron chi connectivity index (χ0n) is 17.5. The maximum atomic E-state index is 13.7. The van der Waals surface area contributed by atoms with E-state index in [-0.39, 0.29) is 24.5 Å². The van der Waals surface area contributed by atoms with Crippen LogP contribution in [0.15, 0.2) is 17.0 Å². The van der Waals surface area contributed by atoms with Crippen LogP contribution in [0.5, 0.6) is 0 Å². The number of aryl methyl sites for hydroxylation is 3. The molecule has 0 bridgehead atoms. The number of sulfonamides is 1. The van der Waals surface area contributed by atoms with Gasteiger partial charge < -0.3 is 5.32 Å². The molecule has 5 nitrogen and oxygen atoms in total. The third kappa shape index (κ3) is 4.77. The minimum atomic E-state index is -3.73. The van der Waals surface area contributed by atoms with E-state index in [1.54, 1.807) is 0 Å². The first-order chi connectivity index (χ1) is 13.3. The van der Waals surface area contributed by atoms with Crippen LogP contribution in [0.2, 0.25) is 0 Å². The minimum Gasteiger partial charge on any atom is -0.352 e. The van der Waals surface area contributed by atoms with Crippen LogP contribution in [0.4, 0.5) is 0 Å². The van der Waals surface area contributed by atoms with Crippen molar-refractivity contribution in [2.75, 3.05) is 6.54 Å². The number of amides is 1. The Morgan fingerprint density at radius 1 is 0.964 bits per heavy atom. The van der Waals surface area contributed by atoms with Crippen LogP contribution in [0.1, 0.15) is 74.5 Å². The summed E-state index contributed by atoms with van der Waals surface area (Å²) < 4.78 is 28.9. The first kappa shape index (κ1) is 21.3. The van der Waals surface area contributed by atoms with Gasteiger partial charge in [-0.15, -0.1) is 0 Å². The smallest absolute Gasteiger partial charge is 0.244 e. The van der Waals surface area contributed by atoms with Gasteiger partial charge in [0.15, 0.2) is 0 Å². The Morgan fingerprint density at radius 3 is 2.07 bits per heavy atom. The van der Waals surface area contributed by atoms with E-state index in [4.69, 9.17) is 0 Å². The van der Waals surface area contributed by atoms with Crippen molar-refractivity contribution < 1.29 is 13.2 Å². The van der Waals surface area contributed by atoms with Crippen molar-refractivity contribution in [3.8, 4) is 0 Å². The van der Waals surface area contributed by atoms with E-state index in [0.29, 0.717) is 4.90 Å². The van der Waals surface area contributed by atoms with Gasteiger partial charge in [0.2, 0.25) is 15.9 Å². The number of carbonyl (C=O) groups excluding carboxylic acids is 1. The van der Waals surface area contributed by atoms with E-state index >= 15 is 0 Å². The molecule has 1 aromatic carbocycles. The van der Waals surface area contributed by atoms with E-state index in [1.165, 1.54) is 4.31 Å². The maximum Gasteiger partial charge on any atom is 0.244 e. The van der Waals surface area contributed by atoms with Crippen molar-refractivity contribution in [3.63, 3.8) is 0 Å². The van der Waals surface area contributed by atoms with Crippen LogP contribution < -0.4 is 5.32 Å². The molecular formula is C22H34N2O3S. The summed E-state index contributed by atoms with van der Waals surface area (Å²) in [7, 11) is -3.73.